The van der Waals surface area contributed by atoms with E-state index in [0.717, 1.165) is 5.69 Å². The van der Waals surface area contributed by atoms with E-state index >= 15 is 0 Å². The fraction of sp³-hybridized carbons (Fsp3) is 0.111. The maximum absolute atomic E-state index is 5.79. The topological polar surface area (TPSA) is 106 Å². The molecule has 6 heteroatoms. The van der Waals surface area contributed by atoms with Gasteiger partial charge in [-0.2, -0.15) is 4.99 Å². The zero-order valence-electron chi connectivity index (χ0n) is 8.04. The molecule has 6 nitrogen and oxygen atoms in total. The van der Waals surface area contributed by atoms with Gasteiger partial charge in [-0.25, -0.2) is 4.99 Å². The minimum Gasteiger partial charge on any atom is -0.369 e. The molecule has 0 aliphatic carbocycles. The highest BCUT2D eigenvalue weighted by Gasteiger charge is 2.21. The van der Waals surface area contributed by atoms with Gasteiger partial charge in [-0.1, -0.05) is 18.2 Å². The number of para-hydroxylation sites is 1. The first kappa shape index (κ1) is 9.47. The Hall–Kier alpha value is -2.08. The molecule has 1 aromatic carbocycles. The molecule has 0 fully saturated rings. The van der Waals surface area contributed by atoms with Crippen LogP contribution in [-0.2, 0) is 0 Å². The molecule has 6 N–H and O–H groups in total. The molecule has 2 rings (SSSR count). The Balaban J connectivity index is 2.36. The lowest BCUT2D eigenvalue weighted by atomic mass is 10.3. The van der Waals surface area contributed by atoms with Crippen LogP contribution in [0.4, 0.5) is 5.69 Å². The van der Waals surface area contributed by atoms with E-state index in [0.29, 0.717) is 0 Å². The van der Waals surface area contributed by atoms with Crippen molar-refractivity contribution in [1.29, 1.82) is 0 Å². The van der Waals surface area contributed by atoms with Gasteiger partial charge in [-0.3, -0.25) is 10.6 Å². The van der Waals surface area contributed by atoms with Crippen molar-refractivity contribution in [3.05, 3.63) is 30.3 Å². The lowest BCUT2D eigenvalue weighted by Gasteiger charge is -2.29. The lowest BCUT2D eigenvalue weighted by molar-refractivity contribution is 0.717. The van der Waals surface area contributed by atoms with Gasteiger partial charge < -0.3 is 11.5 Å². The minimum absolute atomic E-state index is 0.104. The fourth-order valence-electron chi connectivity index (χ4n) is 1.40. The van der Waals surface area contributed by atoms with Crippen LogP contribution in [0.1, 0.15) is 0 Å². The smallest absolute Gasteiger partial charge is 0.221 e. The van der Waals surface area contributed by atoms with Crippen LogP contribution in [0.5, 0.6) is 0 Å². The van der Waals surface area contributed by atoms with Crippen LogP contribution < -0.4 is 22.1 Å². The molecular weight excluding hydrogens is 192 g/mol. The summed E-state index contributed by atoms with van der Waals surface area (Å²) in [6.45, 7) is 0. The van der Waals surface area contributed by atoms with E-state index in [1.54, 1.807) is 4.90 Å². The van der Waals surface area contributed by atoms with E-state index in [-0.39, 0.29) is 11.9 Å². The minimum atomic E-state index is -0.620. The maximum Gasteiger partial charge on any atom is 0.221 e. The summed E-state index contributed by atoms with van der Waals surface area (Å²) in [5.41, 5.74) is 17.8. The van der Waals surface area contributed by atoms with Crippen molar-refractivity contribution in [2.45, 2.75) is 6.29 Å². The Morgan fingerprint density at radius 1 is 1.13 bits per heavy atom. The maximum atomic E-state index is 5.79. The molecule has 1 aliphatic rings. The van der Waals surface area contributed by atoms with Gasteiger partial charge in [0.25, 0.3) is 0 Å². The molecule has 0 spiro atoms. The summed E-state index contributed by atoms with van der Waals surface area (Å²) in [6, 6.07) is 9.43. The van der Waals surface area contributed by atoms with Crippen LogP contribution in [0.15, 0.2) is 40.3 Å². The molecule has 0 radical (unpaired) electrons. The van der Waals surface area contributed by atoms with Crippen LogP contribution in [0.3, 0.4) is 0 Å². The van der Waals surface area contributed by atoms with Crippen molar-refractivity contribution in [2.75, 3.05) is 4.90 Å². The van der Waals surface area contributed by atoms with E-state index in [4.69, 9.17) is 17.2 Å². The monoisotopic (exact) mass is 204 g/mol. The number of benzene rings is 1. The van der Waals surface area contributed by atoms with Crippen molar-refractivity contribution in [3.63, 3.8) is 0 Å². The molecule has 15 heavy (non-hydrogen) atoms. The average molecular weight is 204 g/mol. The van der Waals surface area contributed by atoms with Crippen molar-refractivity contribution >= 4 is 17.6 Å². The molecular formula is C9H12N6. The summed E-state index contributed by atoms with van der Waals surface area (Å²) < 4.78 is 0. The SMILES string of the molecule is NC1=NC(N)N(c2ccccc2)C(N)=N1. The zero-order chi connectivity index (χ0) is 10.8. The van der Waals surface area contributed by atoms with Crippen molar-refractivity contribution in [3.8, 4) is 0 Å². The van der Waals surface area contributed by atoms with Gasteiger partial charge in [0, 0.05) is 5.69 Å². The molecule has 1 unspecified atom stereocenters. The van der Waals surface area contributed by atoms with Gasteiger partial charge in [0.05, 0.1) is 0 Å². The fourth-order valence-corrected chi connectivity index (χ4v) is 1.40. The van der Waals surface area contributed by atoms with Crippen molar-refractivity contribution < 1.29 is 0 Å². The Morgan fingerprint density at radius 2 is 1.80 bits per heavy atom. The summed E-state index contributed by atoms with van der Waals surface area (Å²) in [4.78, 5) is 9.39. The largest absolute Gasteiger partial charge is 0.369 e. The van der Waals surface area contributed by atoms with Gasteiger partial charge >= 0.3 is 0 Å². The standard InChI is InChI=1S/C9H12N6/c10-7-13-8(11)15(9(12)14-7)6-4-2-1-3-5-6/h1-5,8H,11H2,(H4,10,12,13,14). The third kappa shape index (κ3) is 1.75. The van der Waals surface area contributed by atoms with Crippen molar-refractivity contribution in [2.24, 2.45) is 27.2 Å². The van der Waals surface area contributed by atoms with Crippen LogP contribution in [0, 0.1) is 0 Å². The molecule has 0 aromatic heterocycles. The number of guanidine groups is 2. The van der Waals surface area contributed by atoms with Crippen molar-refractivity contribution in [1.82, 2.24) is 0 Å². The molecule has 0 saturated carbocycles. The zero-order valence-corrected chi connectivity index (χ0v) is 8.04. The first-order valence-electron chi connectivity index (χ1n) is 4.46. The number of nitrogens with two attached hydrogens (primary N) is 3. The predicted molar refractivity (Wildman–Crippen MR) is 60.1 cm³/mol. The molecule has 0 saturated heterocycles. The molecule has 78 valence electrons. The highest BCUT2D eigenvalue weighted by Crippen LogP contribution is 2.16. The molecule has 1 atom stereocenters. The summed E-state index contributed by atoms with van der Waals surface area (Å²) in [5, 5.41) is 0. The number of rotatable bonds is 1. The molecule has 1 aromatic rings. The van der Waals surface area contributed by atoms with Gasteiger partial charge in [0.2, 0.25) is 11.9 Å². The first-order chi connectivity index (χ1) is 7.18. The third-order valence-corrected chi connectivity index (χ3v) is 2.04. The third-order valence-electron chi connectivity index (χ3n) is 2.04. The Morgan fingerprint density at radius 3 is 2.40 bits per heavy atom. The quantitative estimate of drug-likeness (QED) is 0.566. The molecule has 0 bridgehead atoms. The normalized spacial score (nSPS) is 20.9. The van der Waals surface area contributed by atoms with Crippen LogP contribution in [-0.4, -0.2) is 18.2 Å². The summed E-state index contributed by atoms with van der Waals surface area (Å²) in [7, 11) is 0. The number of anilines is 1. The highest BCUT2D eigenvalue weighted by molar-refractivity contribution is 6.04. The number of hydrogen-bond donors (Lipinski definition) is 3. The van der Waals surface area contributed by atoms with Crippen LogP contribution >= 0.6 is 0 Å². The number of hydrogen-bond acceptors (Lipinski definition) is 6. The summed E-state index contributed by atoms with van der Waals surface area (Å²) in [5.74, 6) is 0.355. The molecule has 1 heterocycles. The van der Waals surface area contributed by atoms with E-state index in [1.165, 1.54) is 0 Å². The molecule has 0 amide bonds. The van der Waals surface area contributed by atoms with E-state index in [1.807, 2.05) is 30.3 Å². The summed E-state index contributed by atoms with van der Waals surface area (Å²) in [6.07, 6.45) is -0.620. The summed E-state index contributed by atoms with van der Waals surface area (Å²) >= 11 is 0. The Labute approximate surface area is 87.1 Å². The van der Waals surface area contributed by atoms with Gasteiger partial charge in [-0.05, 0) is 12.1 Å². The average Bonchev–Trinajstić information content (AvgIpc) is 2.17. The molecule has 1 aliphatic heterocycles. The van der Waals surface area contributed by atoms with Crippen LogP contribution in [0.25, 0.3) is 0 Å². The van der Waals surface area contributed by atoms with Crippen LogP contribution in [0.2, 0.25) is 0 Å². The second-order valence-corrected chi connectivity index (χ2v) is 3.08. The van der Waals surface area contributed by atoms with Gasteiger partial charge in [-0.15, -0.1) is 0 Å². The number of aliphatic imine (C=N–C) groups is 2. The van der Waals surface area contributed by atoms with Gasteiger partial charge in [0.15, 0.2) is 6.29 Å². The number of nitrogens with zero attached hydrogens (tertiary/aromatic N) is 3. The Bertz CT molecular complexity index is 410. The van der Waals surface area contributed by atoms with E-state index in [2.05, 4.69) is 9.98 Å². The Kier molecular flexibility index (Phi) is 2.26. The lowest BCUT2D eigenvalue weighted by Crippen LogP contribution is -2.52. The predicted octanol–water partition coefficient (Wildman–Crippen LogP) is -0.622. The van der Waals surface area contributed by atoms with E-state index < -0.39 is 6.29 Å². The second-order valence-electron chi connectivity index (χ2n) is 3.08. The second kappa shape index (κ2) is 3.58. The first-order valence-corrected chi connectivity index (χ1v) is 4.46. The highest BCUT2D eigenvalue weighted by atomic mass is 15.4. The van der Waals surface area contributed by atoms with E-state index in [9.17, 15) is 0 Å². The van der Waals surface area contributed by atoms with Gasteiger partial charge in [0.1, 0.15) is 0 Å².